The van der Waals surface area contributed by atoms with Crippen molar-refractivity contribution in [2.75, 3.05) is 0 Å². The molecule has 0 bridgehead atoms. The summed E-state index contributed by atoms with van der Waals surface area (Å²) in [7, 11) is 0. The lowest BCUT2D eigenvalue weighted by Gasteiger charge is -1.97. The first-order chi connectivity index (χ1) is 11.7. The van der Waals surface area contributed by atoms with Crippen LogP contribution in [0.2, 0.25) is 0 Å². The summed E-state index contributed by atoms with van der Waals surface area (Å²) in [6.45, 7) is 4.02. The third kappa shape index (κ3) is 5.82. The van der Waals surface area contributed by atoms with Crippen molar-refractivity contribution >= 4 is 28.3 Å². The van der Waals surface area contributed by atoms with Crippen LogP contribution in [0.3, 0.4) is 0 Å². The number of aromatic amines is 1. The second-order valence-electron chi connectivity index (χ2n) is 5.17. The number of aryl methyl sites for hydroxylation is 2. The van der Waals surface area contributed by atoms with Gasteiger partial charge >= 0.3 is 5.82 Å². The maximum absolute atomic E-state index is 4.13. The van der Waals surface area contributed by atoms with Crippen molar-refractivity contribution in [3.63, 3.8) is 0 Å². The summed E-state index contributed by atoms with van der Waals surface area (Å²) in [6.07, 6.45) is 0. The van der Waals surface area contributed by atoms with Crippen LogP contribution in [0.25, 0.3) is 17.1 Å². The number of nitrogens with zero attached hydrogens (tertiary/aromatic N) is 4. The predicted octanol–water partition coefficient (Wildman–Crippen LogP) is 1.09. The summed E-state index contributed by atoms with van der Waals surface area (Å²) in [4.78, 5) is 4.13. The Morgan fingerprint density at radius 3 is 2.04 bits per heavy atom. The Kier molecular flexibility index (Phi) is 9.32. The maximum Gasteiger partial charge on any atom is 0.337 e. The zero-order chi connectivity index (χ0) is 16.8. The molecule has 5 nitrogen and oxygen atoms in total. The van der Waals surface area contributed by atoms with Crippen molar-refractivity contribution in [2.45, 2.75) is 13.8 Å². The molecule has 2 heterocycles. The highest BCUT2D eigenvalue weighted by molar-refractivity contribution is 8.93. The smallest absolute Gasteiger partial charge is 0.337 e. The molecule has 8 heteroatoms. The average Bonchev–Trinajstić information content (AvgIpc) is 3.26. The van der Waals surface area contributed by atoms with Gasteiger partial charge in [0, 0.05) is 11.1 Å². The van der Waals surface area contributed by atoms with Crippen molar-refractivity contribution in [1.82, 2.24) is 20.5 Å². The average molecular weight is 497 g/mol. The van der Waals surface area contributed by atoms with Crippen LogP contribution in [-0.2, 0) is 0 Å². The SMILES string of the molecule is Br.Cc1csc(C)n1.[Br-].c1ccc(-c2nn[nH][n+]2-c2ccccc2)cc1. The minimum absolute atomic E-state index is 0. The first-order valence-electron chi connectivity index (χ1n) is 7.57. The molecule has 0 spiro atoms. The molecule has 0 aliphatic carbocycles. The van der Waals surface area contributed by atoms with Gasteiger partial charge in [0.05, 0.1) is 10.6 Å². The van der Waals surface area contributed by atoms with Gasteiger partial charge < -0.3 is 17.0 Å². The van der Waals surface area contributed by atoms with Crippen molar-refractivity contribution in [1.29, 1.82) is 0 Å². The van der Waals surface area contributed by atoms with Crippen molar-refractivity contribution < 1.29 is 21.7 Å². The number of rotatable bonds is 2. The van der Waals surface area contributed by atoms with Gasteiger partial charge in [-0.2, -0.15) is 0 Å². The number of hydrogen-bond donors (Lipinski definition) is 1. The zero-order valence-electron chi connectivity index (χ0n) is 14.3. The molecule has 0 saturated heterocycles. The van der Waals surface area contributed by atoms with Gasteiger partial charge in [-0.25, -0.2) is 4.98 Å². The number of nitrogens with one attached hydrogen (secondary N) is 1. The second-order valence-corrected chi connectivity index (χ2v) is 6.23. The Labute approximate surface area is 177 Å². The van der Waals surface area contributed by atoms with E-state index in [1.165, 1.54) is 0 Å². The Hall–Kier alpha value is -1.90. The molecule has 0 fully saturated rings. The number of thiazole rings is 1. The molecule has 1 N–H and O–H groups in total. The van der Waals surface area contributed by atoms with E-state index in [4.69, 9.17) is 0 Å². The maximum atomic E-state index is 4.13. The van der Waals surface area contributed by atoms with E-state index in [1.807, 2.05) is 79.2 Å². The van der Waals surface area contributed by atoms with Crippen LogP contribution in [-0.4, -0.2) is 20.5 Å². The van der Waals surface area contributed by atoms with E-state index in [0.717, 1.165) is 27.8 Å². The van der Waals surface area contributed by atoms with E-state index in [2.05, 4.69) is 25.9 Å². The number of tetrazole rings is 1. The summed E-state index contributed by atoms with van der Waals surface area (Å²) >= 11 is 1.69. The molecule has 0 unspecified atom stereocenters. The standard InChI is InChI=1S/C13H10N4.C5H7NS.2BrH/c1-3-7-11(8-4-1)13-14-15-16-17(13)12-9-5-2-6-10-12;1-4-3-7-5(2)6-4;;/h1-10H;3H,1-2H3;2*1H. The monoisotopic (exact) mass is 495 g/mol. The van der Waals surface area contributed by atoms with Gasteiger partial charge in [-0.15, -0.1) is 33.0 Å². The molecule has 4 rings (SSSR count). The van der Waals surface area contributed by atoms with Gasteiger partial charge in [0.15, 0.2) is 5.21 Å². The number of para-hydroxylation sites is 1. The molecule has 0 aliphatic rings. The van der Waals surface area contributed by atoms with E-state index in [9.17, 15) is 0 Å². The minimum atomic E-state index is 0. The molecule has 0 radical (unpaired) electrons. The number of hydrogen-bond acceptors (Lipinski definition) is 4. The number of benzene rings is 2. The number of halogens is 2. The van der Waals surface area contributed by atoms with Gasteiger partial charge in [-0.05, 0) is 38.1 Å². The van der Waals surface area contributed by atoms with Crippen molar-refractivity contribution in [2.24, 2.45) is 0 Å². The van der Waals surface area contributed by atoms with Crippen LogP contribution in [0.4, 0.5) is 0 Å². The zero-order valence-corrected chi connectivity index (χ0v) is 18.4. The minimum Gasteiger partial charge on any atom is -1.00 e. The van der Waals surface area contributed by atoms with Crippen LogP contribution in [0.15, 0.2) is 66.0 Å². The predicted molar refractivity (Wildman–Crippen MR) is 105 cm³/mol. The Bertz CT molecular complexity index is 824. The lowest BCUT2D eigenvalue weighted by molar-refractivity contribution is -0.649. The lowest BCUT2D eigenvalue weighted by atomic mass is 10.2. The topological polar surface area (TPSA) is 58.3 Å². The molecular formula is C18H19Br2N5S. The highest BCUT2D eigenvalue weighted by atomic mass is 79.9. The summed E-state index contributed by atoms with van der Waals surface area (Å²) in [5.41, 5.74) is 3.17. The molecule has 0 atom stereocenters. The molecule has 2 aromatic heterocycles. The number of aromatic nitrogens is 5. The summed E-state index contributed by atoms with van der Waals surface area (Å²) in [5, 5.41) is 14.1. The third-order valence-electron chi connectivity index (χ3n) is 3.28. The van der Waals surface area contributed by atoms with Crippen LogP contribution in [0, 0.1) is 13.8 Å². The largest absolute Gasteiger partial charge is 1.00 e. The quantitative estimate of drug-likeness (QED) is 0.422. The fourth-order valence-corrected chi connectivity index (χ4v) is 2.80. The molecule has 4 aromatic rings. The van der Waals surface area contributed by atoms with Crippen molar-refractivity contribution in [3.05, 3.63) is 76.7 Å². The van der Waals surface area contributed by atoms with Gasteiger partial charge in [0.1, 0.15) is 10.8 Å². The highest BCUT2D eigenvalue weighted by Crippen LogP contribution is 2.12. The first kappa shape index (κ1) is 22.1. The molecule has 26 heavy (non-hydrogen) atoms. The molecule has 136 valence electrons. The summed E-state index contributed by atoms with van der Waals surface area (Å²) in [6, 6.07) is 19.9. The Balaban J connectivity index is 0.000000322. The molecular weight excluding hydrogens is 478 g/mol. The van der Waals surface area contributed by atoms with E-state index in [-0.39, 0.29) is 34.0 Å². The van der Waals surface area contributed by atoms with Crippen LogP contribution >= 0.6 is 28.3 Å². The number of H-pyrrole nitrogens is 1. The molecule has 2 aromatic carbocycles. The van der Waals surface area contributed by atoms with Gasteiger partial charge in [0.25, 0.3) is 0 Å². The summed E-state index contributed by atoms with van der Waals surface area (Å²) in [5.74, 6) is 0.803. The van der Waals surface area contributed by atoms with Gasteiger partial charge in [-0.1, -0.05) is 41.6 Å². The van der Waals surface area contributed by atoms with Crippen LogP contribution in [0.1, 0.15) is 10.7 Å². The molecule has 0 aliphatic heterocycles. The fourth-order valence-electron chi connectivity index (χ4n) is 2.21. The Morgan fingerprint density at radius 2 is 1.54 bits per heavy atom. The Morgan fingerprint density at radius 1 is 0.923 bits per heavy atom. The van der Waals surface area contributed by atoms with E-state index in [0.29, 0.717) is 0 Å². The van der Waals surface area contributed by atoms with Crippen LogP contribution in [0.5, 0.6) is 0 Å². The molecule has 0 saturated carbocycles. The van der Waals surface area contributed by atoms with Gasteiger partial charge in [-0.3, -0.25) is 0 Å². The fraction of sp³-hybridized carbons (Fsp3) is 0.111. The lowest BCUT2D eigenvalue weighted by Crippen LogP contribution is -3.00. The van der Waals surface area contributed by atoms with Crippen molar-refractivity contribution in [3.8, 4) is 17.1 Å². The summed E-state index contributed by atoms with van der Waals surface area (Å²) < 4.78 is 1.86. The molecule has 0 amide bonds. The van der Waals surface area contributed by atoms with Gasteiger partial charge in [0.2, 0.25) is 0 Å². The third-order valence-corrected chi connectivity index (χ3v) is 4.17. The first-order valence-corrected chi connectivity index (χ1v) is 8.44. The van der Waals surface area contributed by atoms with Crippen LogP contribution < -0.4 is 21.7 Å². The van der Waals surface area contributed by atoms with E-state index < -0.39 is 0 Å². The highest BCUT2D eigenvalue weighted by Gasteiger charge is 2.17. The second kappa shape index (κ2) is 10.9. The normalized spacial score (nSPS) is 9.31. The van der Waals surface area contributed by atoms with E-state index >= 15 is 0 Å². The van der Waals surface area contributed by atoms with E-state index in [1.54, 1.807) is 11.3 Å².